The number of aromatic nitrogens is 2. The minimum Gasteiger partial charge on any atom is -0.415 e. The van der Waals surface area contributed by atoms with Gasteiger partial charge in [-0.05, 0) is 67.1 Å². The highest BCUT2D eigenvalue weighted by Crippen LogP contribution is 2.38. The number of benzene rings is 1. The predicted molar refractivity (Wildman–Crippen MR) is 166 cm³/mol. The monoisotopic (exact) mass is 604 g/mol. The molecule has 11 heteroatoms. The molecule has 8 nitrogen and oxygen atoms in total. The number of carbonyl (C=O) groups excluding carboxylic acids is 1. The number of rotatable bonds is 11. The lowest BCUT2D eigenvalue weighted by Gasteiger charge is -2.36. The molecule has 0 radical (unpaired) electrons. The Morgan fingerprint density at radius 1 is 1.18 bits per heavy atom. The third-order valence-corrected chi connectivity index (χ3v) is 15.0. The summed E-state index contributed by atoms with van der Waals surface area (Å²) in [5.74, 6) is 1.30. The number of nitrogens with zero attached hydrogens (tertiary/aromatic N) is 2. The summed E-state index contributed by atoms with van der Waals surface area (Å²) in [5.41, 5.74) is 3.59. The molecule has 40 heavy (non-hydrogen) atoms. The van der Waals surface area contributed by atoms with Crippen molar-refractivity contribution in [3.63, 3.8) is 0 Å². The van der Waals surface area contributed by atoms with Gasteiger partial charge in [0.15, 0.2) is 8.32 Å². The second-order valence-corrected chi connectivity index (χ2v) is 20.0. The van der Waals surface area contributed by atoms with Crippen LogP contribution in [-0.2, 0) is 27.4 Å². The molecule has 0 spiro atoms. The van der Waals surface area contributed by atoms with E-state index >= 15 is 0 Å². The highest BCUT2D eigenvalue weighted by atomic mass is 32.2. The Morgan fingerprint density at radius 2 is 1.88 bits per heavy atom. The van der Waals surface area contributed by atoms with E-state index in [-0.39, 0.29) is 15.8 Å². The largest absolute Gasteiger partial charge is 0.415 e. The van der Waals surface area contributed by atoms with E-state index in [0.29, 0.717) is 24.6 Å². The van der Waals surface area contributed by atoms with Crippen LogP contribution in [0.4, 0.5) is 4.79 Å². The van der Waals surface area contributed by atoms with Crippen LogP contribution in [0.15, 0.2) is 40.9 Å². The predicted octanol–water partition coefficient (Wildman–Crippen LogP) is 6.48. The third-order valence-electron chi connectivity index (χ3n) is 7.40. The van der Waals surface area contributed by atoms with Crippen LogP contribution in [0.25, 0.3) is 11.1 Å². The van der Waals surface area contributed by atoms with E-state index in [2.05, 4.69) is 67.3 Å². The fraction of sp³-hybridized carbons (Fsp3) is 0.517. The smallest absolute Gasteiger partial charge is 0.328 e. The molecule has 0 aliphatic heterocycles. The molecule has 2 amide bonds. The number of imidazole rings is 1. The van der Waals surface area contributed by atoms with Crippen LogP contribution in [0.5, 0.6) is 0 Å². The molecule has 0 unspecified atom stereocenters. The standard InChI is InChI=1S/C29H44N4O4S2Si/c1-20(2)16-25-18-26(23-10-11-24(21(3)17-23)19-33-14-12-30-22(33)4)27(38-25)39(35,36)32-28(34)31-13-15-37-40(8,9)29(5,6)7/h10-12,14,17-18,20H,13,15-16,19H2,1-9H3,(H2,31,32,34). The lowest BCUT2D eigenvalue weighted by atomic mass is 10.0. The zero-order valence-electron chi connectivity index (χ0n) is 25.2. The van der Waals surface area contributed by atoms with Crippen LogP contribution < -0.4 is 10.0 Å². The van der Waals surface area contributed by atoms with Gasteiger partial charge in [0, 0.05) is 35.9 Å². The fourth-order valence-corrected chi connectivity index (χ4v) is 7.94. The first-order valence-electron chi connectivity index (χ1n) is 13.6. The normalized spacial score (nSPS) is 12.7. The average molecular weight is 605 g/mol. The first kappa shape index (κ1) is 32.0. The number of urea groups is 1. The molecule has 2 aromatic heterocycles. The lowest BCUT2D eigenvalue weighted by Crippen LogP contribution is -2.44. The molecule has 3 aromatic rings. The second-order valence-electron chi connectivity index (χ2n) is 12.2. The zero-order chi connectivity index (χ0) is 29.9. The molecule has 2 N–H and O–H groups in total. The van der Waals surface area contributed by atoms with E-state index in [1.165, 1.54) is 11.3 Å². The summed E-state index contributed by atoms with van der Waals surface area (Å²) >= 11 is 1.22. The maximum absolute atomic E-state index is 13.5. The highest BCUT2D eigenvalue weighted by molar-refractivity contribution is 7.92. The second kappa shape index (κ2) is 12.6. The number of hydrogen-bond acceptors (Lipinski definition) is 6. The highest BCUT2D eigenvalue weighted by Gasteiger charge is 2.37. The van der Waals surface area contributed by atoms with Crippen molar-refractivity contribution < 1.29 is 17.6 Å². The van der Waals surface area contributed by atoms with E-state index in [4.69, 9.17) is 4.43 Å². The van der Waals surface area contributed by atoms with Crippen molar-refractivity contribution >= 4 is 35.7 Å². The fourth-order valence-electron chi connectivity index (χ4n) is 4.01. The van der Waals surface area contributed by atoms with Crippen molar-refractivity contribution in [1.82, 2.24) is 19.6 Å². The summed E-state index contributed by atoms with van der Waals surface area (Å²) in [5, 5.41) is 2.69. The van der Waals surface area contributed by atoms with Gasteiger partial charge < -0.3 is 14.3 Å². The first-order chi connectivity index (χ1) is 18.5. The number of carbonyl (C=O) groups is 1. The van der Waals surface area contributed by atoms with E-state index in [0.717, 1.165) is 33.8 Å². The van der Waals surface area contributed by atoms with Crippen molar-refractivity contribution in [2.75, 3.05) is 13.2 Å². The Kier molecular flexibility index (Phi) is 10.1. The molecule has 0 atom stereocenters. The summed E-state index contributed by atoms with van der Waals surface area (Å²) < 4.78 is 37.4. The molecule has 0 saturated carbocycles. The minimum absolute atomic E-state index is 0.0524. The topological polar surface area (TPSA) is 102 Å². The zero-order valence-corrected chi connectivity index (χ0v) is 27.8. The summed E-state index contributed by atoms with van der Waals surface area (Å²) in [7, 11) is -6.05. The van der Waals surface area contributed by atoms with Gasteiger partial charge in [0.25, 0.3) is 10.0 Å². The molecule has 0 saturated heterocycles. The van der Waals surface area contributed by atoms with Crippen molar-refractivity contribution in [3.05, 3.63) is 58.5 Å². The SMILES string of the molecule is Cc1cc(-c2cc(CC(C)C)sc2S(=O)(=O)NC(=O)NCCO[Si](C)(C)C(C)(C)C)ccc1Cn1ccnc1C. The van der Waals surface area contributed by atoms with Crippen molar-refractivity contribution in [2.45, 2.75) is 83.8 Å². The van der Waals surface area contributed by atoms with E-state index in [1.54, 1.807) is 6.20 Å². The van der Waals surface area contributed by atoms with E-state index in [9.17, 15) is 13.2 Å². The summed E-state index contributed by atoms with van der Waals surface area (Å²) in [6.45, 7) is 20.1. The molecule has 0 aliphatic carbocycles. The van der Waals surface area contributed by atoms with Gasteiger partial charge in [-0.15, -0.1) is 11.3 Å². The van der Waals surface area contributed by atoms with Gasteiger partial charge in [-0.25, -0.2) is 22.9 Å². The number of hydrogen-bond donors (Lipinski definition) is 2. The quantitative estimate of drug-likeness (QED) is 0.193. The van der Waals surface area contributed by atoms with Crippen LogP contribution in [0.3, 0.4) is 0 Å². The molecule has 0 bridgehead atoms. The van der Waals surface area contributed by atoms with E-state index < -0.39 is 24.4 Å². The number of aryl methyl sites for hydroxylation is 2. The van der Waals surface area contributed by atoms with Gasteiger partial charge in [-0.3, -0.25) is 0 Å². The molecule has 0 aliphatic rings. The molecular formula is C29H44N4O4S2Si. The third kappa shape index (κ3) is 8.05. The Morgan fingerprint density at radius 3 is 2.45 bits per heavy atom. The summed E-state index contributed by atoms with van der Waals surface area (Å²) in [4.78, 5) is 17.9. The Hall–Kier alpha value is -2.47. The van der Waals surface area contributed by atoms with E-state index in [1.807, 2.05) is 44.3 Å². The van der Waals surface area contributed by atoms with Gasteiger partial charge >= 0.3 is 6.03 Å². The maximum atomic E-state index is 13.5. The number of thiophene rings is 1. The molecule has 1 aromatic carbocycles. The van der Waals surface area contributed by atoms with Crippen LogP contribution in [-0.4, -0.2) is 45.5 Å². The van der Waals surface area contributed by atoms with Crippen LogP contribution in [0, 0.1) is 19.8 Å². The Bertz CT molecular complexity index is 1440. The summed E-state index contributed by atoms with van der Waals surface area (Å²) in [6.07, 6.45) is 4.48. The Labute approximate surface area is 244 Å². The molecular weight excluding hydrogens is 561 g/mol. The van der Waals surface area contributed by atoms with Crippen LogP contribution >= 0.6 is 11.3 Å². The Balaban J connectivity index is 1.79. The molecule has 220 valence electrons. The average Bonchev–Trinajstić information content (AvgIpc) is 3.43. The molecule has 3 rings (SSSR count). The lowest BCUT2D eigenvalue weighted by molar-refractivity contribution is 0.239. The maximum Gasteiger partial charge on any atom is 0.328 e. The molecule has 0 fully saturated rings. The number of sulfonamides is 1. The van der Waals surface area contributed by atoms with Gasteiger partial charge in [0.1, 0.15) is 10.0 Å². The van der Waals surface area contributed by atoms with Gasteiger partial charge in [-0.2, -0.15) is 0 Å². The van der Waals surface area contributed by atoms with Crippen LogP contribution in [0.1, 0.15) is 56.4 Å². The summed E-state index contributed by atoms with van der Waals surface area (Å²) in [6, 6.07) is 7.18. The minimum atomic E-state index is -4.10. The number of nitrogens with one attached hydrogen (secondary N) is 2. The van der Waals surface area contributed by atoms with Crippen molar-refractivity contribution in [1.29, 1.82) is 0 Å². The molecule has 2 heterocycles. The number of amides is 2. The van der Waals surface area contributed by atoms with Crippen molar-refractivity contribution in [2.24, 2.45) is 5.92 Å². The first-order valence-corrected chi connectivity index (χ1v) is 18.9. The van der Waals surface area contributed by atoms with Gasteiger partial charge in [0.2, 0.25) is 0 Å². The van der Waals surface area contributed by atoms with Gasteiger partial charge in [-0.1, -0.05) is 52.8 Å². The van der Waals surface area contributed by atoms with Crippen LogP contribution in [0.2, 0.25) is 18.1 Å². The van der Waals surface area contributed by atoms with Gasteiger partial charge in [0.05, 0.1) is 6.61 Å². The van der Waals surface area contributed by atoms with Crippen molar-refractivity contribution in [3.8, 4) is 11.1 Å².